The van der Waals surface area contributed by atoms with E-state index in [0.29, 0.717) is 23.7 Å². The Morgan fingerprint density at radius 3 is 2.29 bits per heavy atom. The molecular weight excluding hydrogens is 528 g/mol. The monoisotopic (exact) mass is 556 g/mol. The molecule has 1 N–H and O–H groups in total. The fraction of sp³-hybridized carbons (Fsp3) is 0.286. The number of amides is 2. The summed E-state index contributed by atoms with van der Waals surface area (Å²) in [5.74, 6) is 0.355. The first-order valence-corrected chi connectivity index (χ1v) is 12.7. The molecule has 3 aromatic carbocycles. The van der Waals surface area contributed by atoms with Gasteiger partial charge in [-0.1, -0.05) is 89.9 Å². The molecule has 35 heavy (non-hydrogen) atoms. The molecule has 0 saturated heterocycles. The summed E-state index contributed by atoms with van der Waals surface area (Å²) in [6.45, 7) is 4.58. The summed E-state index contributed by atoms with van der Waals surface area (Å²) in [5, 5.41) is 3.55. The molecule has 0 saturated carbocycles. The first-order chi connectivity index (χ1) is 16.8. The van der Waals surface area contributed by atoms with Gasteiger partial charge in [-0.3, -0.25) is 9.59 Å². The third-order valence-corrected chi connectivity index (χ3v) is 6.33. The molecule has 184 valence electrons. The minimum atomic E-state index is -0.728. The largest absolute Gasteiger partial charge is 0.484 e. The van der Waals surface area contributed by atoms with Gasteiger partial charge in [0.2, 0.25) is 5.91 Å². The van der Waals surface area contributed by atoms with Crippen LogP contribution in [-0.4, -0.2) is 35.9 Å². The number of nitrogens with one attached hydrogen (secondary N) is 1. The molecule has 3 rings (SSSR count). The lowest BCUT2D eigenvalue weighted by molar-refractivity contribution is -0.142. The van der Waals surface area contributed by atoms with Gasteiger partial charge in [-0.2, -0.15) is 0 Å². The van der Waals surface area contributed by atoms with Crippen molar-refractivity contribution in [2.45, 2.75) is 32.9 Å². The van der Waals surface area contributed by atoms with Crippen molar-refractivity contribution in [2.75, 3.05) is 13.2 Å². The Hall–Kier alpha value is -2.83. The van der Waals surface area contributed by atoms with Gasteiger partial charge in [0.1, 0.15) is 11.8 Å². The molecule has 0 aliphatic heterocycles. The molecule has 0 unspecified atom stereocenters. The van der Waals surface area contributed by atoms with Crippen LogP contribution in [0.15, 0.2) is 83.3 Å². The highest BCUT2D eigenvalue weighted by molar-refractivity contribution is 9.10. The molecule has 0 aliphatic carbocycles. The predicted octanol–water partition coefficient (Wildman–Crippen LogP) is 5.89. The highest BCUT2D eigenvalue weighted by Crippen LogP contribution is 2.21. The third-order valence-electron chi connectivity index (χ3n) is 5.43. The fourth-order valence-electron chi connectivity index (χ4n) is 3.55. The van der Waals surface area contributed by atoms with Gasteiger partial charge in [-0.15, -0.1) is 0 Å². The second kappa shape index (κ2) is 13.3. The zero-order valence-electron chi connectivity index (χ0n) is 19.9. The molecule has 0 heterocycles. The number of hydrogen-bond acceptors (Lipinski definition) is 3. The zero-order valence-corrected chi connectivity index (χ0v) is 22.3. The summed E-state index contributed by atoms with van der Waals surface area (Å²) < 4.78 is 6.69. The summed E-state index contributed by atoms with van der Waals surface area (Å²) in [5.41, 5.74) is 1.73. The quantitative estimate of drug-likeness (QED) is 0.320. The van der Waals surface area contributed by atoms with Crippen LogP contribution >= 0.6 is 27.5 Å². The van der Waals surface area contributed by atoms with Crippen molar-refractivity contribution >= 4 is 39.3 Å². The molecule has 1 atom stereocenters. The van der Waals surface area contributed by atoms with E-state index < -0.39 is 6.04 Å². The maximum atomic E-state index is 13.5. The molecular formula is C28H30BrClN2O3. The number of nitrogens with zero attached hydrogens (tertiary/aromatic N) is 1. The minimum Gasteiger partial charge on any atom is -0.484 e. The summed E-state index contributed by atoms with van der Waals surface area (Å²) in [6.07, 6.45) is 0.374. The number of carbonyl (C=O) groups excluding carboxylic acids is 2. The lowest BCUT2D eigenvalue weighted by atomic mass is 10.0. The molecule has 0 aliphatic rings. The standard InChI is InChI=1S/C28H30BrClN2O3/c1-20(2)17-31-28(34)26(16-21-8-4-3-5-9-21)32(18-22-10-6-7-11-25(22)30)27(33)19-35-24-14-12-23(29)13-15-24/h3-15,20,26H,16-19H2,1-2H3,(H,31,34)/t26-/m1/s1. The van der Waals surface area contributed by atoms with Crippen LogP contribution in [0, 0.1) is 5.92 Å². The Morgan fingerprint density at radius 1 is 0.971 bits per heavy atom. The maximum absolute atomic E-state index is 13.5. The van der Waals surface area contributed by atoms with E-state index in [1.807, 2.05) is 74.5 Å². The fourth-order valence-corrected chi connectivity index (χ4v) is 4.01. The van der Waals surface area contributed by atoms with Gasteiger partial charge < -0.3 is 15.0 Å². The van der Waals surface area contributed by atoms with Gasteiger partial charge in [0, 0.05) is 29.0 Å². The van der Waals surface area contributed by atoms with Crippen LogP contribution in [0.25, 0.3) is 0 Å². The van der Waals surface area contributed by atoms with E-state index >= 15 is 0 Å². The smallest absolute Gasteiger partial charge is 0.261 e. The number of ether oxygens (including phenoxy) is 1. The van der Waals surface area contributed by atoms with Crippen LogP contribution in [0.5, 0.6) is 5.75 Å². The summed E-state index contributed by atoms with van der Waals surface area (Å²) >= 11 is 9.83. The number of rotatable bonds is 11. The Labute approximate surface area is 220 Å². The second-order valence-corrected chi connectivity index (χ2v) is 10.0. The first-order valence-electron chi connectivity index (χ1n) is 11.6. The second-order valence-electron chi connectivity index (χ2n) is 8.70. The SMILES string of the molecule is CC(C)CNC(=O)[C@@H](Cc1ccccc1)N(Cc1ccccc1Cl)C(=O)COc1ccc(Br)cc1. The number of hydrogen-bond donors (Lipinski definition) is 1. The molecule has 5 nitrogen and oxygen atoms in total. The number of carbonyl (C=O) groups is 2. The van der Waals surface area contributed by atoms with E-state index in [9.17, 15) is 9.59 Å². The predicted molar refractivity (Wildman–Crippen MR) is 143 cm³/mol. The van der Waals surface area contributed by atoms with Crippen LogP contribution < -0.4 is 10.1 Å². The average molecular weight is 558 g/mol. The Balaban J connectivity index is 1.90. The van der Waals surface area contributed by atoms with Crippen molar-refractivity contribution in [1.29, 1.82) is 0 Å². The maximum Gasteiger partial charge on any atom is 0.261 e. The number of benzene rings is 3. The van der Waals surface area contributed by atoms with Gasteiger partial charge in [-0.25, -0.2) is 0 Å². The van der Waals surface area contributed by atoms with Crippen molar-refractivity contribution in [3.05, 3.63) is 99.5 Å². The summed E-state index contributed by atoms with van der Waals surface area (Å²) in [4.78, 5) is 28.5. The van der Waals surface area contributed by atoms with Gasteiger partial charge in [0.15, 0.2) is 6.61 Å². The van der Waals surface area contributed by atoms with E-state index in [4.69, 9.17) is 16.3 Å². The highest BCUT2D eigenvalue weighted by Gasteiger charge is 2.31. The van der Waals surface area contributed by atoms with Crippen LogP contribution in [0.3, 0.4) is 0 Å². The molecule has 2 amide bonds. The van der Waals surface area contributed by atoms with Crippen LogP contribution in [-0.2, 0) is 22.6 Å². The number of halogens is 2. The summed E-state index contributed by atoms with van der Waals surface area (Å²) in [6, 6.07) is 23.6. The van der Waals surface area contributed by atoms with Crippen molar-refractivity contribution in [3.63, 3.8) is 0 Å². The van der Waals surface area contributed by atoms with E-state index in [1.54, 1.807) is 23.1 Å². The van der Waals surface area contributed by atoms with Crippen LogP contribution in [0.2, 0.25) is 5.02 Å². The van der Waals surface area contributed by atoms with Crippen molar-refractivity contribution in [1.82, 2.24) is 10.2 Å². The van der Waals surface area contributed by atoms with Crippen LogP contribution in [0.1, 0.15) is 25.0 Å². The Morgan fingerprint density at radius 2 is 1.63 bits per heavy atom. The van der Waals surface area contributed by atoms with Crippen LogP contribution in [0.4, 0.5) is 0 Å². The van der Waals surface area contributed by atoms with E-state index in [-0.39, 0.29) is 30.9 Å². The lowest BCUT2D eigenvalue weighted by Gasteiger charge is -2.32. The van der Waals surface area contributed by atoms with Crippen molar-refractivity contribution in [2.24, 2.45) is 5.92 Å². The summed E-state index contributed by atoms with van der Waals surface area (Å²) in [7, 11) is 0. The van der Waals surface area contributed by atoms with Gasteiger partial charge in [0.25, 0.3) is 5.91 Å². The van der Waals surface area contributed by atoms with Gasteiger partial charge in [-0.05, 0) is 47.4 Å². The molecule has 7 heteroatoms. The van der Waals surface area contributed by atoms with Crippen molar-refractivity contribution in [3.8, 4) is 5.75 Å². The lowest BCUT2D eigenvalue weighted by Crippen LogP contribution is -2.52. The topological polar surface area (TPSA) is 58.6 Å². The zero-order chi connectivity index (χ0) is 25.2. The molecule has 0 fully saturated rings. The third kappa shape index (κ3) is 8.41. The normalized spacial score (nSPS) is 11.7. The van der Waals surface area contributed by atoms with Crippen molar-refractivity contribution < 1.29 is 14.3 Å². The highest BCUT2D eigenvalue weighted by atomic mass is 79.9. The van der Waals surface area contributed by atoms with E-state index in [0.717, 1.165) is 15.6 Å². The average Bonchev–Trinajstić information content (AvgIpc) is 2.85. The molecule has 0 aromatic heterocycles. The Bertz CT molecular complexity index is 1110. The van der Waals surface area contributed by atoms with E-state index in [2.05, 4.69) is 21.2 Å². The Kier molecular flexibility index (Phi) is 10.2. The van der Waals surface area contributed by atoms with E-state index in [1.165, 1.54) is 0 Å². The molecule has 0 bridgehead atoms. The molecule has 0 spiro atoms. The minimum absolute atomic E-state index is 0.189. The first kappa shape index (κ1) is 26.8. The van der Waals surface area contributed by atoms with Gasteiger partial charge in [0.05, 0.1) is 0 Å². The molecule has 3 aromatic rings. The van der Waals surface area contributed by atoms with Gasteiger partial charge >= 0.3 is 0 Å². The molecule has 0 radical (unpaired) electrons.